The molecule has 1 atom stereocenters. The van der Waals surface area contributed by atoms with Crippen molar-refractivity contribution in [1.29, 1.82) is 0 Å². The third-order valence-electron chi connectivity index (χ3n) is 9.90. The molecule has 1 aliphatic heterocycles. The topological polar surface area (TPSA) is 107 Å². The summed E-state index contributed by atoms with van der Waals surface area (Å²) >= 11 is 13.4. The second-order valence-corrected chi connectivity index (χ2v) is 14.0. The minimum absolute atomic E-state index is 0.0710. The Kier molecular flexibility index (Phi) is 8.43. The summed E-state index contributed by atoms with van der Waals surface area (Å²) in [6.45, 7) is 10.8. The molecular weight excluding hydrogens is 675 g/mol. The van der Waals surface area contributed by atoms with Gasteiger partial charge in [0.05, 0.1) is 28.5 Å². The number of carboxylic acid groups (broad SMARTS) is 1. The van der Waals surface area contributed by atoms with Crippen molar-refractivity contribution in [2.24, 2.45) is 14.1 Å². The molecule has 0 unspecified atom stereocenters. The van der Waals surface area contributed by atoms with E-state index in [1.54, 1.807) is 24.1 Å². The van der Waals surface area contributed by atoms with Crippen LogP contribution in [0.5, 0.6) is 5.75 Å². The van der Waals surface area contributed by atoms with Crippen molar-refractivity contribution in [2.45, 2.75) is 53.5 Å². The molecule has 0 saturated carbocycles. The zero-order valence-corrected chi connectivity index (χ0v) is 30.6. The van der Waals surface area contributed by atoms with Crippen molar-refractivity contribution in [2.75, 3.05) is 18.1 Å². The number of ether oxygens (including phenoxy) is 1. The summed E-state index contributed by atoms with van der Waals surface area (Å²) < 4.78 is 11.5. The lowest BCUT2D eigenvalue weighted by molar-refractivity contribution is 0.0687. The van der Waals surface area contributed by atoms with Crippen LogP contribution in [0.15, 0.2) is 42.5 Å². The van der Waals surface area contributed by atoms with Gasteiger partial charge in [0, 0.05) is 59.3 Å². The van der Waals surface area contributed by atoms with Gasteiger partial charge in [-0.25, -0.2) is 4.79 Å². The molecule has 10 nitrogen and oxygen atoms in total. The van der Waals surface area contributed by atoms with Gasteiger partial charge in [-0.1, -0.05) is 41.4 Å². The third-order valence-corrected chi connectivity index (χ3v) is 10.8. The molecule has 4 heterocycles. The largest absolute Gasteiger partial charge is 0.494 e. The molecule has 12 heteroatoms. The van der Waals surface area contributed by atoms with Crippen molar-refractivity contribution in [3.63, 3.8) is 0 Å². The summed E-state index contributed by atoms with van der Waals surface area (Å²) in [5, 5.41) is 21.9. The molecule has 0 fully saturated rings. The highest BCUT2D eigenvalue weighted by Gasteiger charge is 2.38. The van der Waals surface area contributed by atoms with E-state index in [4.69, 9.17) is 33.0 Å². The van der Waals surface area contributed by atoms with Gasteiger partial charge in [-0.2, -0.15) is 10.2 Å². The summed E-state index contributed by atoms with van der Waals surface area (Å²) in [6.07, 6.45) is 1.22. The molecule has 7 rings (SSSR count). The first-order valence-corrected chi connectivity index (χ1v) is 17.3. The standard InChI is InChI=1S/C38H38Cl2N6O4/c1-19-16-24(17-20(2)32(19)40)50-15-9-11-25-26-13-14-28(39)31(30-22(4)41-43(6)23(30)5)34(26)46-21(3)18-45(37(47)35(25)46)29-12-8-10-27-33(29)42-44(7)36(27)38(48)49/h8,10,12-14,16-17,21H,9,11,15,18H2,1-7H3,(H,48,49)/t21-/m1/s1. The number of carbonyl (C=O) groups excluding carboxylic acids is 1. The van der Waals surface area contributed by atoms with Crippen molar-refractivity contribution >= 4 is 62.6 Å². The zero-order chi connectivity index (χ0) is 35.8. The Bertz CT molecular complexity index is 2360. The number of amides is 1. The van der Waals surface area contributed by atoms with Gasteiger partial charge in [0.25, 0.3) is 5.91 Å². The zero-order valence-electron chi connectivity index (χ0n) is 29.1. The lowest BCUT2D eigenvalue weighted by Gasteiger charge is -2.34. The number of carbonyl (C=O) groups is 2. The third kappa shape index (κ3) is 5.24. The number of carboxylic acids is 1. The fourth-order valence-electron chi connectivity index (χ4n) is 7.61. The van der Waals surface area contributed by atoms with Gasteiger partial charge in [0.1, 0.15) is 17.0 Å². The van der Waals surface area contributed by atoms with Crippen LogP contribution in [0.1, 0.15) is 68.4 Å². The molecule has 1 N–H and O–H groups in total. The quantitative estimate of drug-likeness (QED) is 0.159. The summed E-state index contributed by atoms with van der Waals surface area (Å²) in [6, 6.07) is 13.0. The van der Waals surface area contributed by atoms with E-state index in [1.807, 2.05) is 69.8 Å². The van der Waals surface area contributed by atoms with Gasteiger partial charge in [0.15, 0.2) is 5.69 Å². The van der Waals surface area contributed by atoms with Crippen molar-refractivity contribution in [1.82, 2.24) is 24.1 Å². The predicted octanol–water partition coefficient (Wildman–Crippen LogP) is 8.40. The van der Waals surface area contributed by atoms with E-state index in [9.17, 15) is 14.7 Å². The highest BCUT2D eigenvalue weighted by molar-refractivity contribution is 6.35. The smallest absolute Gasteiger partial charge is 0.354 e. The molecule has 0 spiro atoms. The van der Waals surface area contributed by atoms with Crippen molar-refractivity contribution in [3.05, 3.63) is 92.0 Å². The van der Waals surface area contributed by atoms with Crippen LogP contribution in [-0.2, 0) is 20.5 Å². The van der Waals surface area contributed by atoms with Gasteiger partial charge < -0.3 is 19.3 Å². The highest BCUT2D eigenvalue weighted by Crippen LogP contribution is 2.45. The van der Waals surface area contributed by atoms with E-state index >= 15 is 0 Å². The minimum Gasteiger partial charge on any atom is -0.494 e. The van der Waals surface area contributed by atoms with E-state index in [0.29, 0.717) is 53.3 Å². The maximum absolute atomic E-state index is 14.9. The molecule has 50 heavy (non-hydrogen) atoms. The van der Waals surface area contributed by atoms with Crippen molar-refractivity contribution in [3.8, 4) is 16.9 Å². The Labute approximate surface area is 299 Å². The number of hydrogen-bond acceptors (Lipinski definition) is 5. The molecule has 0 bridgehead atoms. The Morgan fingerprint density at radius 1 is 0.980 bits per heavy atom. The van der Waals surface area contributed by atoms with Gasteiger partial charge in [0.2, 0.25) is 0 Å². The summed E-state index contributed by atoms with van der Waals surface area (Å²) in [4.78, 5) is 28.8. The fourth-order valence-corrected chi connectivity index (χ4v) is 7.97. The SMILES string of the molecule is Cc1cc(OCCCc2c3n(c4c(-c5c(C)nn(C)c5C)c(Cl)ccc24)[C@H](C)CN(c2cccc4c(C(=O)O)n(C)nc24)C3=O)cc(C)c1Cl. The Morgan fingerprint density at radius 3 is 2.36 bits per heavy atom. The first kappa shape index (κ1) is 33.7. The van der Waals surface area contributed by atoms with Crippen LogP contribution >= 0.6 is 23.2 Å². The van der Waals surface area contributed by atoms with E-state index < -0.39 is 5.97 Å². The average Bonchev–Trinajstić information content (AvgIpc) is 3.67. The number of aromatic nitrogens is 5. The van der Waals surface area contributed by atoms with Crippen LogP contribution in [0.25, 0.3) is 32.9 Å². The summed E-state index contributed by atoms with van der Waals surface area (Å²) in [5.41, 5.74) is 9.03. The molecule has 258 valence electrons. The number of hydrogen-bond donors (Lipinski definition) is 1. The average molecular weight is 714 g/mol. The molecular formula is C38H38Cl2N6O4. The van der Waals surface area contributed by atoms with Crippen LogP contribution in [0.2, 0.25) is 10.0 Å². The molecule has 0 radical (unpaired) electrons. The van der Waals surface area contributed by atoms with E-state index in [1.165, 1.54) is 4.68 Å². The van der Waals surface area contributed by atoms with Gasteiger partial charge in [-0.3, -0.25) is 14.2 Å². The van der Waals surface area contributed by atoms with Crippen LogP contribution in [0.3, 0.4) is 0 Å². The Morgan fingerprint density at radius 2 is 1.70 bits per heavy atom. The fraction of sp³-hybridized carbons (Fsp3) is 0.316. The Balaban J connectivity index is 1.38. The molecule has 1 aliphatic rings. The van der Waals surface area contributed by atoms with Crippen molar-refractivity contribution < 1.29 is 19.4 Å². The molecule has 3 aromatic carbocycles. The maximum atomic E-state index is 14.9. The summed E-state index contributed by atoms with van der Waals surface area (Å²) in [7, 11) is 3.52. The molecule has 6 aromatic rings. The molecule has 3 aromatic heterocycles. The minimum atomic E-state index is -1.08. The number of anilines is 1. The van der Waals surface area contributed by atoms with Crippen LogP contribution in [-0.4, -0.2) is 54.3 Å². The number of nitrogens with zero attached hydrogens (tertiary/aromatic N) is 6. The first-order chi connectivity index (χ1) is 23.8. The summed E-state index contributed by atoms with van der Waals surface area (Å²) in [5.74, 6) is -0.509. The second kappa shape index (κ2) is 12.5. The maximum Gasteiger partial charge on any atom is 0.354 e. The van der Waals surface area contributed by atoms with Crippen LogP contribution in [0.4, 0.5) is 5.69 Å². The van der Waals surface area contributed by atoms with E-state index in [-0.39, 0.29) is 17.6 Å². The van der Waals surface area contributed by atoms with Gasteiger partial charge in [-0.05, 0) is 88.4 Å². The number of aryl methyl sites for hydroxylation is 6. The monoisotopic (exact) mass is 712 g/mol. The predicted molar refractivity (Wildman–Crippen MR) is 197 cm³/mol. The van der Waals surface area contributed by atoms with Crippen LogP contribution < -0.4 is 9.64 Å². The highest BCUT2D eigenvalue weighted by atomic mass is 35.5. The lowest BCUT2D eigenvalue weighted by atomic mass is 9.98. The molecule has 0 aliphatic carbocycles. The number of rotatable bonds is 8. The molecule has 1 amide bonds. The number of benzene rings is 3. The van der Waals surface area contributed by atoms with Crippen LogP contribution in [0, 0.1) is 27.7 Å². The first-order valence-electron chi connectivity index (χ1n) is 16.6. The lowest BCUT2D eigenvalue weighted by Crippen LogP contribution is -2.42. The van der Waals surface area contributed by atoms with Gasteiger partial charge in [-0.15, -0.1) is 0 Å². The van der Waals surface area contributed by atoms with E-state index in [2.05, 4.69) is 16.6 Å². The number of fused-ring (bicyclic) bond motifs is 4. The number of halogens is 2. The Hall–Kier alpha value is -4.80. The number of aromatic carboxylic acids is 1. The second-order valence-electron chi connectivity index (χ2n) is 13.2. The van der Waals surface area contributed by atoms with E-state index in [0.717, 1.165) is 60.9 Å². The van der Waals surface area contributed by atoms with Gasteiger partial charge >= 0.3 is 5.97 Å². The molecule has 0 saturated heterocycles. The normalized spacial score (nSPS) is 14.6.